The van der Waals surface area contributed by atoms with Crippen LogP contribution < -0.4 is 0 Å². The minimum atomic E-state index is -0.642. The van der Waals surface area contributed by atoms with Gasteiger partial charge in [0.05, 0.1) is 5.69 Å². The van der Waals surface area contributed by atoms with Gasteiger partial charge in [0.15, 0.2) is 0 Å². The second-order valence-corrected chi connectivity index (χ2v) is 5.45. The third-order valence-electron chi connectivity index (χ3n) is 4.10. The van der Waals surface area contributed by atoms with Crippen molar-refractivity contribution in [1.82, 2.24) is 9.78 Å². The minimum absolute atomic E-state index is 0.642. The molecule has 0 spiro atoms. The van der Waals surface area contributed by atoms with Crippen LogP contribution in [0.3, 0.4) is 0 Å². The van der Waals surface area contributed by atoms with Crippen molar-refractivity contribution in [2.75, 3.05) is 0 Å². The average molecular weight is 222 g/mol. The van der Waals surface area contributed by atoms with Gasteiger partial charge in [-0.3, -0.25) is 4.68 Å². The van der Waals surface area contributed by atoms with E-state index in [1.165, 1.54) is 0 Å². The molecule has 1 N–H and O–H groups in total. The first kappa shape index (κ1) is 11.6. The summed E-state index contributed by atoms with van der Waals surface area (Å²) in [5.74, 6) is 1.50. The van der Waals surface area contributed by atoms with Crippen molar-refractivity contribution >= 4 is 0 Å². The molecule has 16 heavy (non-hydrogen) atoms. The fourth-order valence-corrected chi connectivity index (χ4v) is 2.87. The summed E-state index contributed by atoms with van der Waals surface area (Å²) in [5.41, 5.74) is 0.325. The maximum Gasteiger partial charge on any atom is 0.106 e. The third kappa shape index (κ3) is 2.01. The summed E-state index contributed by atoms with van der Waals surface area (Å²) in [4.78, 5) is 0. The maximum atomic E-state index is 10.7. The lowest BCUT2D eigenvalue weighted by Crippen LogP contribution is -2.34. The van der Waals surface area contributed by atoms with Gasteiger partial charge in [-0.05, 0) is 43.6 Å². The Balaban J connectivity index is 2.10. The van der Waals surface area contributed by atoms with Crippen molar-refractivity contribution in [3.05, 3.63) is 18.0 Å². The quantitative estimate of drug-likeness (QED) is 0.834. The van der Waals surface area contributed by atoms with E-state index in [1.807, 2.05) is 13.1 Å². The van der Waals surface area contributed by atoms with Crippen LogP contribution in [0.2, 0.25) is 0 Å². The van der Waals surface area contributed by atoms with E-state index < -0.39 is 5.60 Å². The van der Waals surface area contributed by atoms with Crippen molar-refractivity contribution < 1.29 is 5.11 Å². The molecule has 0 amide bonds. The standard InChI is InChI=1S/C13H22N2O/c1-10(2)11-4-7-13(16,8-5-11)12-6-9-14-15(12)3/h6,9-11,16H,4-5,7-8H2,1-3H3. The number of aliphatic hydroxyl groups is 1. The Morgan fingerprint density at radius 1 is 1.44 bits per heavy atom. The van der Waals surface area contributed by atoms with Crippen LogP contribution in [0, 0.1) is 11.8 Å². The lowest BCUT2D eigenvalue weighted by molar-refractivity contribution is -0.0264. The van der Waals surface area contributed by atoms with E-state index in [9.17, 15) is 5.11 Å². The van der Waals surface area contributed by atoms with Gasteiger partial charge in [0.1, 0.15) is 5.60 Å². The molecule has 1 aliphatic carbocycles. The van der Waals surface area contributed by atoms with E-state index in [2.05, 4.69) is 18.9 Å². The maximum absolute atomic E-state index is 10.7. The fourth-order valence-electron chi connectivity index (χ4n) is 2.87. The largest absolute Gasteiger partial charge is 0.384 e. The molecule has 3 nitrogen and oxygen atoms in total. The van der Waals surface area contributed by atoms with Gasteiger partial charge in [-0.15, -0.1) is 0 Å². The van der Waals surface area contributed by atoms with Gasteiger partial charge in [0, 0.05) is 13.2 Å². The summed E-state index contributed by atoms with van der Waals surface area (Å²) in [7, 11) is 1.90. The molecule has 0 saturated heterocycles. The summed E-state index contributed by atoms with van der Waals surface area (Å²) < 4.78 is 1.80. The van der Waals surface area contributed by atoms with Crippen LogP contribution >= 0.6 is 0 Å². The monoisotopic (exact) mass is 222 g/mol. The molecule has 90 valence electrons. The Hall–Kier alpha value is -0.830. The normalized spacial score (nSPS) is 30.9. The Kier molecular flexibility index (Phi) is 3.06. The Labute approximate surface area is 97.5 Å². The number of rotatable bonds is 2. The van der Waals surface area contributed by atoms with Crippen molar-refractivity contribution in [3.63, 3.8) is 0 Å². The highest BCUT2D eigenvalue weighted by molar-refractivity contribution is 5.12. The third-order valence-corrected chi connectivity index (χ3v) is 4.10. The zero-order chi connectivity index (χ0) is 11.8. The molecule has 1 aromatic rings. The van der Waals surface area contributed by atoms with Gasteiger partial charge in [-0.25, -0.2) is 0 Å². The molecule has 1 heterocycles. The van der Waals surface area contributed by atoms with Crippen molar-refractivity contribution in [3.8, 4) is 0 Å². The van der Waals surface area contributed by atoms with Gasteiger partial charge in [-0.1, -0.05) is 13.8 Å². The molecule has 1 saturated carbocycles. The van der Waals surface area contributed by atoms with Gasteiger partial charge in [0.2, 0.25) is 0 Å². The highest BCUT2D eigenvalue weighted by Gasteiger charge is 2.37. The predicted octanol–water partition coefficient (Wildman–Crippen LogP) is 2.45. The lowest BCUT2D eigenvalue weighted by atomic mass is 9.73. The van der Waals surface area contributed by atoms with Crippen LogP contribution in [0.4, 0.5) is 0 Å². The molecular formula is C13H22N2O. The molecule has 1 aromatic heterocycles. The molecule has 0 bridgehead atoms. The van der Waals surface area contributed by atoms with E-state index in [1.54, 1.807) is 10.9 Å². The highest BCUT2D eigenvalue weighted by atomic mass is 16.3. The van der Waals surface area contributed by atoms with Crippen molar-refractivity contribution in [2.24, 2.45) is 18.9 Å². The first-order valence-electron chi connectivity index (χ1n) is 6.24. The zero-order valence-electron chi connectivity index (χ0n) is 10.5. The second-order valence-electron chi connectivity index (χ2n) is 5.45. The van der Waals surface area contributed by atoms with E-state index in [0.717, 1.165) is 43.2 Å². The van der Waals surface area contributed by atoms with E-state index in [-0.39, 0.29) is 0 Å². The number of aromatic nitrogens is 2. The predicted molar refractivity (Wildman–Crippen MR) is 63.9 cm³/mol. The van der Waals surface area contributed by atoms with Gasteiger partial charge < -0.3 is 5.11 Å². The number of hydrogen-bond donors (Lipinski definition) is 1. The zero-order valence-corrected chi connectivity index (χ0v) is 10.5. The molecule has 0 aromatic carbocycles. The van der Waals surface area contributed by atoms with Crippen LogP contribution in [-0.4, -0.2) is 14.9 Å². The molecular weight excluding hydrogens is 200 g/mol. The lowest BCUT2D eigenvalue weighted by Gasteiger charge is -2.37. The molecule has 1 aliphatic rings. The van der Waals surface area contributed by atoms with Gasteiger partial charge in [0.25, 0.3) is 0 Å². The van der Waals surface area contributed by atoms with Gasteiger partial charge in [-0.2, -0.15) is 5.10 Å². The molecule has 1 fully saturated rings. The summed E-state index contributed by atoms with van der Waals surface area (Å²) in [6.07, 6.45) is 5.76. The van der Waals surface area contributed by atoms with Crippen molar-refractivity contribution in [1.29, 1.82) is 0 Å². The van der Waals surface area contributed by atoms with E-state index >= 15 is 0 Å². The average Bonchev–Trinajstić information content (AvgIpc) is 2.66. The number of hydrogen-bond acceptors (Lipinski definition) is 2. The number of nitrogens with zero attached hydrogens (tertiary/aromatic N) is 2. The first-order valence-corrected chi connectivity index (χ1v) is 6.24. The highest BCUT2D eigenvalue weighted by Crippen LogP contribution is 2.41. The fraction of sp³-hybridized carbons (Fsp3) is 0.769. The Morgan fingerprint density at radius 2 is 2.06 bits per heavy atom. The molecule has 0 unspecified atom stereocenters. The van der Waals surface area contributed by atoms with Gasteiger partial charge >= 0.3 is 0 Å². The molecule has 3 heteroatoms. The summed E-state index contributed by atoms with van der Waals surface area (Å²) in [5, 5.41) is 14.8. The number of aryl methyl sites for hydroxylation is 1. The minimum Gasteiger partial charge on any atom is -0.384 e. The van der Waals surface area contributed by atoms with E-state index in [0.29, 0.717) is 0 Å². The Morgan fingerprint density at radius 3 is 2.50 bits per heavy atom. The summed E-state index contributed by atoms with van der Waals surface area (Å²) in [6, 6.07) is 1.94. The Bertz CT molecular complexity index is 349. The first-order chi connectivity index (χ1) is 7.53. The molecule has 0 atom stereocenters. The molecule has 0 radical (unpaired) electrons. The molecule has 0 aliphatic heterocycles. The topological polar surface area (TPSA) is 38.1 Å². The summed E-state index contributed by atoms with van der Waals surface area (Å²) in [6.45, 7) is 4.55. The van der Waals surface area contributed by atoms with Crippen LogP contribution in [0.15, 0.2) is 12.3 Å². The van der Waals surface area contributed by atoms with Crippen LogP contribution in [-0.2, 0) is 12.6 Å². The smallest absolute Gasteiger partial charge is 0.106 e. The van der Waals surface area contributed by atoms with E-state index in [4.69, 9.17) is 0 Å². The van der Waals surface area contributed by atoms with Crippen LogP contribution in [0.5, 0.6) is 0 Å². The van der Waals surface area contributed by atoms with Crippen LogP contribution in [0.25, 0.3) is 0 Å². The van der Waals surface area contributed by atoms with Crippen molar-refractivity contribution in [2.45, 2.75) is 45.1 Å². The SMILES string of the molecule is CC(C)C1CCC(O)(c2ccnn2C)CC1. The van der Waals surface area contributed by atoms with Crippen LogP contribution in [0.1, 0.15) is 45.2 Å². The summed E-state index contributed by atoms with van der Waals surface area (Å²) >= 11 is 0. The molecule has 2 rings (SSSR count). The second kappa shape index (κ2) is 4.21.